The minimum Gasteiger partial charge on any atom is -0.393 e. The second kappa shape index (κ2) is 13.3. The number of sulfonamides is 1. The van der Waals surface area contributed by atoms with E-state index in [1.54, 1.807) is 35.6 Å². The molecule has 1 aliphatic carbocycles. The minimum atomic E-state index is -5.70. The topological polar surface area (TPSA) is 124 Å². The van der Waals surface area contributed by atoms with Gasteiger partial charge in [-0.05, 0) is 66.1 Å². The molecule has 0 saturated heterocycles. The van der Waals surface area contributed by atoms with Gasteiger partial charge in [-0.2, -0.15) is 21.6 Å². The maximum atomic E-state index is 12.3. The SMILES string of the molecule is O=C(CCC/C=C/C[C@@H]1[C@@H](/C=C/[C@@H](O)CCc2ccc(Br)s2)[C@H](O)C[C@@H]1O)NS(=O)(=O)C(F)(F)F. The third-order valence-electron chi connectivity index (χ3n) is 5.69. The monoisotopic (exact) mass is 603 g/mol. The lowest BCUT2D eigenvalue weighted by atomic mass is 9.89. The molecule has 1 aliphatic rings. The smallest absolute Gasteiger partial charge is 0.393 e. The molecule has 0 aliphatic heterocycles. The summed E-state index contributed by atoms with van der Waals surface area (Å²) in [7, 11) is -5.70. The van der Waals surface area contributed by atoms with E-state index in [9.17, 15) is 41.7 Å². The van der Waals surface area contributed by atoms with Crippen molar-refractivity contribution in [2.45, 2.75) is 68.8 Å². The number of carbonyl (C=O) groups is 1. The fourth-order valence-electron chi connectivity index (χ4n) is 3.85. The highest BCUT2D eigenvalue weighted by molar-refractivity contribution is 9.11. The summed E-state index contributed by atoms with van der Waals surface area (Å²) >= 11 is 5.00. The predicted octanol–water partition coefficient (Wildman–Crippen LogP) is 3.80. The van der Waals surface area contributed by atoms with E-state index in [0.29, 0.717) is 25.7 Å². The Morgan fingerprint density at radius 1 is 1.26 bits per heavy atom. The van der Waals surface area contributed by atoms with Gasteiger partial charge in [0.25, 0.3) is 0 Å². The van der Waals surface area contributed by atoms with E-state index >= 15 is 0 Å². The Hall–Kier alpha value is -1.25. The lowest BCUT2D eigenvalue weighted by Gasteiger charge is -2.19. The zero-order chi connectivity index (χ0) is 26.2. The fraction of sp³-hybridized carbons (Fsp3) is 0.591. The summed E-state index contributed by atoms with van der Waals surface area (Å²) < 4.78 is 60.6. The number of thiophene rings is 1. The molecule has 1 saturated carbocycles. The van der Waals surface area contributed by atoms with Crippen molar-refractivity contribution in [2.75, 3.05) is 0 Å². The second-order valence-corrected chi connectivity index (χ2v) is 12.6. The zero-order valence-corrected chi connectivity index (χ0v) is 21.9. The average molecular weight is 605 g/mol. The van der Waals surface area contributed by atoms with Gasteiger partial charge >= 0.3 is 15.5 Å². The zero-order valence-electron chi connectivity index (χ0n) is 18.7. The first-order valence-electron chi connectivity index (χ1n) is 11.0. The van der Waals surface area contributed by atoms with Crippen LogP contribution in [0, 0.1) is 11.8 Å². The summed E-state index contributed by atoms with van der Waals surface area (Å²) in [5.41, 5.74) is -5.54. The van der Waals surface area contributed by atoms with Gasteiger partial charge in [0.2, 0.25) is 5.91 Å². The Labute approximate surface area is 214 Å². The van der Waals surface area contributed by atoms with E-state index in [1.807, 2.05) is 12.1 Å². The van der Waals surface area contributed by atoms with E-state index in [4.69, 9.17) is 0 Å². The molecule has 0 bridgehead atoms. The molecule has 0 aromatic carbocycles. The molecule has 4 N–H and O–H groups in total. The van der Waals surface area contributed by atoms with E-state index < -0.39 is 46.2 Å². The van der Waals surface area contributed by atoms with E-state index in [-0.39, 0.29) is 24.7 Å². The number of aryl methyl sites for hydroxylation is 1. The maximum Gasteiger partial charge on any atom is 0.516 e. The van der Waals surface area contributed by atoms with Crippen LogP contribution < -0.4 is 4.72 Å². The van der Waals surface area contributed by atoms with Crippen LogP contribution in [-0.2, 0) is 21.2 Å². The standard InChI is InChI=1S/C22H29BrF3NO6S2/c23-20-12-10-15(34-20)9-7-14(28)8-11-17-16(18(29)13-19(17)30)5-3-1-2-4-6-21(31)27-35(32,33)22(24,25)26/h1,3,8,10-12,14,16-19,28-30H,2,4-7,9,13H2,(H,27,31)/b3-1+,11-8+/t14-,16+,17+,18-,19+/m0/s1. The molecule has 0 radical (unpaired) electrons. The maximum absolute atomic E-state index is 12.3. The summed E-state index contributed by atoms with van der Waals surface area (Å²) in [4.78, 5) is 12.6. The molecule has 5 atom stereocenters. The number of rotatable bonds is 12. The number of carbonyl (C=O) groups excluding carboxylic acids is 1. The first kappa shape index (κ1) is 30.0. The number of allylic oxidation sites excluding steroid dienone is 2. The summed E-state index contributed by atoms with van der Waals surface area (Å²) in [5.74, 6) is -1.86. The van der Waals surface area contributed by atoms with Crippen molar-refractivity contribution < 1.29 is 41.7 Å². The van der Waals surface area contributed by atoms with Gasteiger partial charge in [0, 0.05) is 23.6 Å². The van der Waals surface area contributed by atoms with Crippen LogP contribution in [0.1, 0.15) is 43.4 Å². The Balaban J connectivity index is 1.77. The van der Waals surface area contributed by atoms with Gasteiger partial charge in [-0.25, -0.2) is 4.72 Å². The first-order valence-corrected chi connectivity index (χ1v) is 14.1. The molecule has 35 heavy (non-hydrogen) atoms. The Bertz CT molecular complexity index is 996. The third-order valence-corrected chi connectivity index (χ3v) is 8.48. The van der Waals surface area contributed by atoms with Crippen LogP contribution in [0.2, 0.25) is 0 Å². The largest absolute Gasteiger partial charge is 0.516 e. The molecule has 1 heterocycles. The van der Waals surface area contributed by atoms with Crippen molar-refractivity contribution in [1.82, 2.24) is 4.72 Å². The number of aliphatic hydroxyl groups excluding tert-OH is 3. The van der Waals surface area contributed by atoms with Crippen molar-refractivity contribution >= 4 is 43.2 Å². The quantitative estimate of drug-likeness (QED) is 0.213. The van der Waals surface area contributed by atoms with Crippen LogP contribution >= 0.6 is 27.3 Å². The van der Waals surface area contributed by atoms with Crippen molar-refractivity contribution in [1.29, 1.82) is 0 Å². The normalized spacial score (nSPS) is 24.4. The third kappa shape index (κ3) is 9.62. The van der Waals surface area contributed by atoms with Crippen LogP contribution in [0.5, 0.6) is 0 Å². The highest BCUT2D eigenvalue weighted by Crippen LogP contribution is 2.36. The van der Waals surface area contributed by atoms with Gasteiger partial charge in [0.05, 0.1) is 22.1 Å². The van der Waals surface area contributed by atoms with Gasteiger partial charge in [-0.3, -0.25) is 4.79 Å². The summed E-state index contributed by atoms with van der Waals surface area (Å²) in [6.07, 6.45) is 6.58. The van der Waals surface area contributed by atoms with Crippen molar-refractivity contribution in [2.24, 2.45) is 11.8 Å². The van der Waals surface area contributed by atoms with Crippen LogP contribution in [-0.4, -0.2) is 53.5 Å². The van der Waals surface area contributed by atoms with E-state index in [1.165, 1.54) is 0 Å². The molecular formula is C22H29BrF3NO6S2. The summed E-state index contributed by atoms with van der Waals surface area (Å²) in [6.45, 7) is 0. The molecule has 13 heteroatoms. The van der Waals surface area contributed by atoms with Crippen molar-refractivity contribution in [3.05, 3.63) is 45.1 Å². The Morgan fingerprint density at radius 3 is 2.60 bits per heavy atom. The summed E-state index contributed by atoms with van der Waals surface area (Å²) in [5, 5.41) is 30.9. The van der Waals surface area contributed by atoms with E-state index in [2.05, 4.69) is 15.9 Å². The molecule has 0 unspecified atom stereocenters. The fourth-order valence-corrected chi connectivity index (χ4v) is 5.86. The van der Waals surface area contributed by atoms with Crippen LogP contribution in [0.25, 0.3) is 0 Å². The lowest BCUT2D eigenvalue weighted by molar-refractivity contribution is -0.120. The number of unbranched alkanes of at least 4 members (excludes halogenated alkanes) is 1. The molecule has 0 spiro atoms. The Kier molecular flexibility index (Phi) is 11.4. The molecule has 1 fully saturated rings. The molecule has 1 aromatic rings. The van der Waals surface area contributed by atoms with Gasteiger partial charge in [-0.15, -0.1) is 11.3 Å². The molecule has 2 rings (SSSR count). The molecular weight excluding hydrogens is 575 g/mol. The lowest BCUT2D eigenvalue weighted by Crippen LogP contribution is -2.40. The van der Waals surface area contributed by atoms with Crippen molar-refractivity contribution in [3.63, 3.8) is 0 Å². The van der Waals surface area contributed by atoms with Gasteiger partial charge < -0.3 is 15.3 Å². The Morgan fingerprint density at radius 2 is 1.97 bits per heavy atom. The van der Waals surface area contributed by atoms with Gasteiger partial charge in [0.15, 0.2) is 0 Å². The number of hydrogen-bond acceptors (Lipinski definition) is 7. The molecule has 1 amide bonds. The molecule has 198 valence electrons. The van der Waals surface area contributed by atoms with Crippen LogP contribution in [0.4, 0.5) is 13.2 Å². The summed E-state index contributed by atoms with van der Waals surface area (Å²) in [6, 6.07) is 3.94. The van der Waals surface area contributed by atoms with Gasteiger partial charge in [0.1, 0.15) is 0 Å². The number of aliphatic hydroxyl groups is 3. The van der Waals surface area contributed by atoms with Gasteiger partial charge in [-0.1, -0.05) is 24.3 Å². The molecule has 7 nitrogen and oxygen atoms in total. The number of halogens is 4. The number of nitrogens with one attached hydrogen (secondary N) is 1. The first-order chi connectivity index (χ1) is 16.3. The van der Waals surface area contributed by atoms with Crippen LogP contribution in [0.15, 0.2) is 40.2 Å². The van der Waals surface area contributed by atoms with Crippen LogP contribution in [0.3, 0.4) is 0 Å². The highest BCUT2D eigenvalue weighted by atomic mass is 79.9. The van der Waals surface area contributed by atoms with Crippen molar-refractivity contribution in [3.8, 4) is 0 Å². The number of alkyl halides is 3. The highest BCUT2D eigenvalue weighted by Gasteiger charge is 2.46. The molecule has 1 aromatic heterocycles. The number of hydrogen-bond donors (Lipinski definition) is 4. The average Bonchev–Trinajstić information content (AvgIpc) is 3.28. The van der Waals surface area contributed by atoms with E-state index in [0.717, 1.165) is 13.4 Å². The number of amides is 1. The predicted molar refractivity (Wildman–Crippen MR) is 130 cm³/mol. The second-order valence-electron chi connectivity index (χ2n) is 8.38. The minimum absolute atomic E-state index is 0.141.